The molecule has 0 atom stereocenters. The van der Waals surface area contributed by atoms with E-state index in [4.69, 9.17) is 4.74 Å². The second-order valence-electron chi connectivity index (χ2n) is 5.47. The molecule has 2 rings (SSSR count). The number of methoxy groups -OCH3 is 1. The van der Waals surface area contributed by atoms with Gasteiger partial charge in [0.1, 0.15) is 10.6 Å². The molecule has 2 aromatic carbocycles. The topological polar surface area (TPSA) is 75.7 Å². The van der Waals surface area contributed by atoms with Crippen LogP contribution in [-0.4, -0.2) is 39.3 Å². The number of carbonyl (C=O) groups is 1. The van der Waals surface area contributed by atoms with E-state index in [9.17, 15) is 13.2 Å². The summed E-state index contributed by atoms with van der Waals surface area (Å²) in [5.74, 6) is -0.125. The van der Waals surface area contributed by atoms with Gasteiger partial charge in [-0.1, -0.05) is 30.3 Å². The monoisotopic (exact) mass is 362 g/mol. The van der Waals surface area contributed by atoms with Gasteiger partial charge in [-0.25, -0.2) is 8.42 Å². The zero-order valence-corrected chi connectivity index (χ0v) is 15.3. The lowest BCUT2D eigenvalue weighted by Crippen LogP contribution is -2.28. The Bertz CT molecular complexity index is 835. The maximum absolute atomic E-state index is 13.0. The van der Waals surface area contributed by atoms with E-state index in [1.165, 1.54) is 30.6 Å². The molecule has 25 heavy (non-hydrogen) atoms. The Morgan fingerprint density at radius 1 is 1.16 bits per heavy atom. The number of amides is 1. The predicted molar refractivity (Wildman–Crippen MR) is 96.1 cm³/mol. The van der Waals surface area contributed by atoms with Crippen LogP contribution in [0.5, 0.6) is 5.75 Å². The summed E-state index contributed by atoms with van der Waals surface area (Å²) in [4.78, 5) is 12.0. The third kappa shape index (κ3) is 4.37. The average molecular weight is 362 g/mol. The standard InChI is InChI=1S/C18H22N2O4S/c1-4-19-18(21)15-10-11-16(24-3)17(12-15)25(22,23)20(2)13-14-8-6-5-7-9-14/h5-12H,4,13H2,1-3H3,(H,19,21). The Labute approximate surface area is 148 Å². The van der Waals surface area contributed by atoms with Crippen LogP contribution in [0.25, 0.3) is 0 Å². The van der Waals surface area contributed by atoms with Crippen molar-refractivity contribution in [2.75, 3.05) is 20.7 Å². The highest BCUT2D eigenvalue weighted by atomic mass is 32.2. The van der Waals surface area contributed by atoms with Gasteiger partial charge in [-0.15, -0.1) is 0 Å². The molecular weight excluding hydrogens is 340 g/mol. The Kier molecular flexibility index (Phi) is 6.17. The lowest BCUT2D eigenvalue weighted by atomic mass is 10.2. The molecule has 0 fully saturated rings. The molecule has 134 valence electrons. The van der Waals surface area contributed by atoms with Crippen molar-refractivity contribution in [2.45, 2.75) is 18.4 Å². The molecule has 0 saturated heterocycles. The van der Waals surface area contributed by atoms with Crippen LogP contribution in [0.2, 0.25) is 0 Å². The van der Waals surface area contributed by atoms with Crippen molar-refractivity contribution in [3.8, 4) is 5.75 Å². The molecular formula is C18H22N2O4S. The molecule has 0 saturated carbocycles. The molecule has 0 spiro atoms. The summed E-state index contributed by atoms with van der Waals surface area (Å²) >= 11 is 0. The van der Waals surface area contributed by atoms with Gasteiger partial charge in [0, 0.05) is 25.7 Å². The third-order valence-corrected chi connectivity index (χ3v) is 5.52. The molecule has 7 heteroatoms. The van der Waals surface area contributed by atoms with Crippen LogP contribution >= 0.6 is 0 Å². The minimum Gasteiger partial charge on any atom is -0.495 e. The van der Waals surface area contributed by atoms with Gasteiger partial charge in [0.15, 0.2) is 0 Å². The quantitative estimate of drug-likeness (QED) is 0.820. The summed E-state index contributed by atoms with van der Waals surface area (Å²) in [6.45, 7) is 2.48. The summed E-state index contributed by atoms with van der Waals surface area (Å²) in [5, 5.41) is 2.66. The molecule has 0 bridgehead atoms. The van der Waals surface area contributed by atoms with Crippen LogP contribution in [-0.2, 0) is 16.6 Å². The number of hydrogen-bond donors (Lipinski definition) is 1. The van der Waals surface area contributed by atoms with Gasteiger partial charge in [0.05, 0.1) is 7.11 Å². The fraction of sp³-hybridized carbons (Fsp3) is 0.278. The normalized spacial score (nSPS) is 11.4. The molecule has 0 radical (unpaired) electrons. The van der Waals surface area contributed by atoms with Crippen molar-refractivity contribution in [3.63, 3.8) is 0 Å². The molecule has 0 aliphatic rings. The molecule has 0 aromatic heterocycles. The summed E-state index contributed by atoms with van der Waals surface area (Å²) < 4.78 is 32.4. The van der Waals surface area contributed by atoms with Crippen molar-refractivity contribution < 1.29 is 17.9 Å². The summed E-state index contributed by atoms with van der Waals surface area (Å²) in [5.41, 5.74) is 1.14. The van der Waals surface area contributed by atoms with E-state index < -0.39 is 10.0 Å². The number of ether oxygens (including phenoxy) is 1. The van der Waals surface area contributed by atoms with Gasteiger partial charge in [-0.2, -0.15) is 4.31 Å². The van der Waals surface area contributed by atoms with Crippen molar-refractivity contribution in [1.29, 1.82) is 0 Å². The first-order valence-electron chi connectivity index (χ1n) is 7.86. The highest BCUT2D eigenvalue weighted by Gasteiger charge is 2.26. The maximum Gasteiger partial charge on any atom is 0.251 e. The molecule has 1 N–H and O–H groups in total. The molecule has 6 nitrogen and oxygen atoms in total. The van der Waals surface area contributed by atoms with E-state index in [0.29, 0.717) is 6.54 Å². The lowest BCUT2D eigenvalue weighted by molar-refractivity contribution is 0.0955. The van der Waals surface area contributed by atoms with Crippen LogP contribution in [0, 0.1) is 0 Å². The zero-order chi connectivity index (χ0) is 18.4. The SMILES string of the molecule is CCNC(=O)c1ccc(OC)c(S(=O)(=O)N(C)Cc2ccccc2)c1. The molecule has 0 aliphatic carbocycles. The van der Waals surface area contributed by atoms with Gasteiger partial charge in [0.25, 0.3) is 5.91 Å². The number of nitrogens with one attached hydrogen (secondary N) is 1. The Morgan fingerprint density at radius 2 is 1.84 bits per heavy atom. The summed E-state index contributed by atoms with van der Waals surface area (Å²) in [6, 6.07) is 13.7. The van der Waals surface area contributed by atoms with Crippen LogP contribution in [0.3, 0.4) is 0 Å². The van der Waals surface area contributed by atoms with Crippen molar-refractivity contribution in [1.82, 2.24) is 9.62 Å². The molecule has 0 aliphatic heterocycles. The van der Waals surface area contributed by atoms with E-state index in [1.807, 2.05) is 30.3 Å². The minimum atomic E-state index is -3.82. The second kappa shape index (κ2) is 8.13. The van der Waals surface area contributed by atoms with Gasteiger partial charge in [-0.3, -0.25) is 4.79 Å². The Morgan fingerprint density at radius 3 is 2.44 bits per heavy atom. The van der Waals surface area contributed by atoms with Crippen molar-refractivity contribution in [3.05, 3.63) is 59.7 Å². The van der Waals surface area contributed by atoms with Crippen LogP contribution < -0.4 is 10.1 Å². The second-order valence-corrected chi connectivity index (χ2v) is 7.49. The zero-order valence-electron chi connectivity index (χ0n) is 14.5. The number of nitrogens with zero attached hydrogens (tertiary/aromatic N) is 1. The first kappa shape index (κ1) is 19.0. The van der Waals surface area contributed by atoms with E-state index in [1.54, 1.807) is 13.0 Å². The minimum absolute atomic E-state index is 0.0304. The average Bonchev–Trinajstić information content (AvgIpc) is 2.62. The number of sulfonamides is 1. The van der Waals surface area contributed by atoms with Gasteiger partial charge >= 0.3 is 0 Å². The third-order valence-electron chi connectivity index (χ3n) is 3.70. The highest BCUT2D eigenvalue weighted by molar-refractivity contribution is 7.89. The molecule has 1 amide bonds. The number of benzene rings is 2. The largest absolute Gasteiger partial charge is 0.495 e. The molecule has 0 heterocycles. The Hall–Kier alpha value is -2.38. The highest BCUT2D eigenvalue weighted by Crippen LogP contribution is 2.28. The van der Waals surface area contributed by atoms with Gasteiger partial charge in [-0.05, 0) is 30.7 Å². The first-order valence-corrected chi connectivity index (χ1v) is 9.30. The lowest BCUT2D eigenvalue weighted by Gasteiger charge is -2.19. The number of hydrogen-bond acceptors (Lipinski definition) is 4. The smallest absolute Gasteiger partial charge is 0.251 e. The molecule has 2 aromatic rings. The van der Waals surface area contributed by atoms with Crippen molar-refractivity contribution >= 4 is 15.9 Å². The van der Waals surface area contributed by atoms with E-state index in [0.717, 1.165) is 5.56 Å². The van der Waals surface area contributed by atoms with E-state index in [-0.39, 0.29) is 28.7 Å². The fourth-order valence-corrected chi connectivity index (χ4v) is 3.71. The number of rotatable bonds is 7. The maximum atomic E-state index is 13.0. The van der Waals surface area contributed by atoms with Crippen LogP contribution in [0.4, 0.5) is 0 Å². The predicted octanol–water partition coefficient (Wildman–Crippen LogP) is 2.27. The summed E-state index contributed by atoms with van der Waals surface area (Å²) in [6.07, 6.45) is 0. The first-order chi connectivity index (χ1) is 11.9. The van der Waals surface area contributed by atoms with Gasteiger partial charge in [0.2, 0.25) is 10.0 Å². The van der Waals surface area contributed by atoms with Gasteiger partial charge < -0.3 is 10.1 Å². The van der Waals surface area contributed by atoms with E-state index >= 15 is 0 Å². The van der Waals surface area contributed by atoms with Crippen molar-refractivity contribution in [2.24, 2.45) is 0 Å². The summed E-state index contributed by atoms with van der Waals surface area (Å²) in [7, 11) is -0.922. The fourth-order valence-electron chi connectivity index (χ4n) is 2.38. The molecule has 0 unspecified atom stereocenters. The van der Waals surface area contributed by atoms with Crippen LogP contribution in [0.15, 0.2) is 53.4 Å². The Balaban J connectivity index is 2.39. The van der Waals surface area contributed by atoms with Crippen LogP contribution in [0.1, 0.15) is 22.8 Å². The number of carbonyl (C=O) groups excluding carboxylic acids is 1. The van der Waals surface area contributed by atoms with E-state index in [2.05, 4.69) is 5.32 Å².